The van der Waals surface area contributed by atoms with Crippen LogP contribution in [0.2, 0.25) is 0 Å². The molecule has 0 aromatic carbocycles. The lowest BCUT2D eigenvalue weighted by molar-refractivity contribution is -0.150. The molecule has 2 fully saturated rings. The van der Waals surface area contributed by atoms with Crippen molar-refractivity contribution < 1.29 is 9.53 Å². The first kappa shape index (κ1) is 13.4. The molecule has 3 rings (SSSR count). The minimum Gasteiger partial charge on any atom is -0.465 e. The van der Waals surface area contributed by atoms with Gasteiger partial charge in [-0.1, -0.05) is 12.5 Å². The number of aryl methyl sites for hydroxylation is 1. The van der Waals surface area contributed by atoms with Crippen molar-refractivity contribution in [2.24, 2.45) is 17.8 Å². The second-order valence-electron chi connectivity index (χ2n) is 6.03. The summed E-state index contributed by atoms with van der Waals surface area (Å²) in [5, 5.41) is 0. The van der Waals surface area contributed by atoms with Crippen LogP contribution in [-0.4, -0.2) is 17.1 Å². The standard InChI is InChI=1S/C16H21NO3/c18-15-4-1-2-7-17(15)8-3-9-20-16(19)14-11-12-5-6-13(14)10-12/h1-2,4,7,12-14H,3,5-6,8-11H2/t12-,13-,14-/m0/s1. The Kier molecular flexibility index (Phi) is 3.90. The molecule has 4 heteroatoms. The number of ether oxygens (including phenoxy) is 1. The van der Waals surface area contributed by atoms with Crippen molar-refractivity contribution in [3.63, 3.8) is 0 Å². The third-order valence-corrected chi connectivity index (χ3v) is 4.73. The van der Waals surface area contributed by atoms with Crippen LogP contribution in [0.4, 0.5) is 0 Å². The molecule has 2 saturated carbocycles. The molecule has 1 aromatic heterocycles. The van der Waals surface area contributed by atoms with E-state index >= 15 is 0 Å². The van der Waals surface area contributed by atoms with Gasteiger partial charge in [-0.2, -0.15) is 0 Å². The van der Waals surface area contributed by atoms with Crippen LogP contribution in [0.5, 0.6) is 0 Å². The van der Waals surface area contributed by atoms with Crippen LogP contribution < -0.4 is 5.56 Å². The van der Waals surface area contributed by atoms with E-state index in [1.54, 1.807) is 22.9 Å². The molecule has 0 aliphatic heterocycles. The molecule has 1 heterocycles. The second-order valence-corrected chi connectivity index (χ2v) is 6.03. The first-order valence-electron chi connectivity index (χ1n) is 7.56. The minimum atomic E-state index is -0.0161. The summed E-state index contributed by atoms with van der Waals surface area (Å²) >= 11 is 0. The van der Waals surface area contributed by atoms with Gasteiger partial charge in [-0.05, 0) is 43.6 Å². The van der Waals surface area contributed by atoms with Crippen LogP contribution in [-0.2, 0) is 16.1 Å². The summed E-state index contributed by atoms with van der Waals surface area (Å²) in [6.07, 6.45) is 7.20. The van der Waals surface area contributed by atoms with Gasteiger partial charge in [-0.25, -0.2) is 0 Å². The first-order valence-corrected chi connectivity index (χ1v) is 7.56. The van der Waals surface area contributed by atoms with E-state index in [0.29, 0.717) is 25.5 Å². The van der Waals surface area contributed by atoms with Crippen LogP contribution >= 0.6 is 0 Å². The van der Waals surface area contributed by atoms with Gasteiger partial charge in [0.05, 0.1) is 12.5 Å². The Morgan fingerprint density at radius 1 is 1.30 bits per heavy atom. The van der Waals surface area contributed by atoms with Gasteiger partial charge < -0.3 is 9.30 Å². The van der Waals surface area contributed by atoms with E-state index in [9.17, 15) is 9.59 Å². The fourth-order valence-corrected chi connectivity index (χ4v) is 3.69. The van der Waals surface area contributed by atoms with Crippen molar-refractivity contribution in [3.05, 3.63) is 34.7 Å². The topological polar surface area (TPSA) is 48.3 Å². The summed E-state index contributed by atoms with van der Waals surface area (Å²) in [7, 11) is 0. The molecule has 0 radical (unpaired) electrons. The number of pyridine rings is 1. The molecule has 0 unspecified atom stereocenters. The van der Waals surface area contributed by atoms with E-state index < -0.39 is 0 Å². The number of carbonyl (C=O) groups excluding carboxylic acids is 1. The van der Waals surface area contributed by atoms with Gasteiger partial charge in [0.2, 0.25) is 5.56 Å². The zero-order valence-electron chi connectivity index (χ0n) is 11.7. The predicted molar refractivity (Wildman–Crippen MR) is 75.2 cm³/mol. The molecule has 0 amide bonds. The Labute approximate surface area is 118 Å². The molecule has 20 heavy (non-hydrogen) atoms. The van der Waals surface area contributed by atoms with Gasteiger partial charge in [-0.15, -0.1) is 0 Å². The van der Waals surface area contributed by atoms with Crippen LogP contribution in [0.15, 0.2) is 29.2 Å². The highest BCUT2D eigenvalue weighted by Gasteiger charge is 2.43. The molecule has 108 valence electrons. The maximum absolute atomic E-state index is 12.0. The smallest absolute Gasteiger partial charge is 0.309 e. The van der Waals surface area contributed by atoms with Crippen molar-refractivity contribution in [3.8, 4) is 0 Å². The number of rotatable bonds is 5. The van der Waals surface area contributed by atoms with Gasteiger partial charge >= 0.3 is 5.97 Å². The highest BCUT2D eigenvalue weighted by atomic mass is 16.5. The van der Waals surface area contributed by atoms with Gasteiger partial charge in [0.1, 0.15) is 0 Å². The number of hydrogen-bond acceptors (Lipinski definition) is 3. The Morgan fingerprint density at radius 3 is 2.90 bits per heavy atom. The quantitative estimate of drug-likeness (QED) is 0.611. The number of esters is 1. The summed E-state index contributed by atoms with van der Waals surface area (Å²) in [5.74, 6) is 1.47. The zero-order valence-corrected chi connectivity index (χ0v) is 11.7. The van der Waals surface area contributed by atoms with E-state index in [1.165, 1.54) is 19.3 Å². The average molecular weight is 275 g/mol. The Balaban J connectivity index is 1.41. The lowest BCUT2D eigenvalue weighted by atomic mass is 9.89. The summed E-state index contributed by atoms with van der Waals surface area (Å²) in [6, 6.07) is 5.11. The van der Waals surface area contributed by atoms with Crippen LogP contribution in [0.1, 0.15) is 32.1 Å². The number of fused-ring (bicyclic) bond motifs is 2. The molecular weight excluding hydrogens is 254 g/mol. The van der Waals surface area contributed by atoms with Crippen LogP contribution in [0.3, 0.4) is 0 Å². The fraction of sp³-hybridized carbons (Fsp3) is 0.625. The highest BCUT2D eigenvalue weighted by molar-refractivity contribution is 5.73. The number of carbonyl (C=O) groups is 1. The predicted octanol–water partition coefficient (Wildman–Crippen LogP) is 2.22. The van der Waals surface area contributed by atoms with Gasteiger partial charge in [0.15, 0.2) is 0 Å². The SMILES string of the molecule is O=C(OCCCn1ccccc1=O)[C@H]1C[C@H]2CC[C@H]1C2. The molecule has 2 aliphatic carbocycles. The van der Waals surface area contributed by atoms with Crippen molar-refractivity contribution in [2.45, 2.75) is 38.6 Å². The Bertz CT molecular complexity index is 537. The molecule has 4 nitrogen and oxygen atoms in total. The largest absolute Gasteiger partial charge is 0.465 e. The average Bonchev–Trinajstić information content (AvgIpc) is 3.07. The molecule has 1 aromatic rings. The third-order valence-electron chi connectivity index (χ3n) is 4.73. The van der Waals surface area contributed by atoms with E-state index in [-0.39, 0.29) is 17.4 Å². The number of nitrogens with zero attached hydrogens (tertiary/aromatic N) is 1. The molecule has 0 spiro atoms. The lowest BCUT2D eigenvalue weighted by Gasteiger charge is -2.19. The van der Waals surface area contributed by atoms with Gasteiger partial charge in [0.25, 0.3) is 0 Å². The summed E-state index contributed by atoms with van der Waals surface area (Å²) in [6.45, 7) is 1.01. The second kappa shape index (κ2) is 5.81. The minimum absolute atomic E-state index is 0.00747. The normalized spacial score (nSPS) is 27.7. The maximum Gasteiger partial charge on any atom is 0.309 e. The molecule has 0 N–H and O–H groups in total. The molecule has 2 aliphatic rings. The van der Waals surface area contributed by atoms with Crippen molar-refractivity contribution in [1.29, 1.82) is 0 Å². The summed E-state index contributed by atoms with van der Waals surface area (Å²) in [5.41, 5.74) is -0.00747. The van der Waals surface area contributed by atoms with Crippen LogP contribution in [0, 0.1) is 17.8 Å². The lowest BCUT2D eigenvalue weighted by Crippen LogP contribution is -2.24. The van der Waals surface area contributed by atoms with Crippen molar-refractivity contribution in [1.82, 2.24) is 4.57 Å². The van der Waals surface area contributed by atoms with E-state index in [0.717, 1.165) is 12.3 Å². The Hall–Kier alpha value is -1.58. The van der Waals surface area contributed by atoms with Crippen molar-refractivity contribution >= 4 is 5.97 Å². The highest BCUT2D eigenvalue weighted by Crippen LogP contribution is 2.48. The van der Waals surface area contributed by atoms with E-state index in [1.807, 2.05) is 6.07 Å². The van der Waals surface area contributed by atoms with E-state index in [2.05, 4.69) is 0 Å². The molecule has 3 atom stereocenters. The fourth-order valence-electron chi connectivity index (χ4n) is 3.69. The summed E-state index contributed by atoms with van der Waals surface area (Å²) in [4.78, 5) is 23.5. The first-order chi connectivity index (χ1) is 9.74. The Morgan fingerprint density at radius 2 is 2.20 bits per heavy atom. The third kappa shape index (κ3) is 2.79. The number of aromatic nitrogens is 1. The maximum atomic E-state index is 12.0. The van der Waals surface area contributed by atoms with E-state index in [4.69, 9.17) is 4.74 Å². The van der Waals surface area contributed by atoms with Crippen molar-refractivity contribution in [2.75, 3.05) is 6.61 Å². The monoisotopic (exact) mass is 275 g/mol. The van der Waals surface area contributed by atoms with Gasteiger partial charge in [0, 0.05) is 18.8 Å². The van der Waals surface area contributed by atoms with Crippen LogP contribution in [0.25, 0.3) is 0 Å². The summed E-state index contributed by atoms with van der Waals surface area (Å²) < 4.78 is 7.03. The molecule has 0 saturated heterocycles. The number of hydrogen-bond donors (Lipinski definition) is 0. The van der Waals surface area contributed by atoms with Gasteiger partial charge in [-0.3, -0.25) is 9.59 Å². The molecule has 2 bridgehead atoms. The molecular formula is C16H21NO3. The zero-order chi connectivity index (χ0) is 13.9.